The van der Waals surface area contributed by atoms with Crippen molar-refractivity contribution in [2.24, 2.45) is 0 Å². The summed E-state index contributed by atoms with van der Waals surface area (Å²) in [6, 6.07) is 8.43. The minimum Gasteiger partial charge on any atom is -0.491 e. The van der Waals surface area contributed by atoms with Crippen molar-refractivity contribution in [2.75, 3.05) is 19.8 Å². The molecular weight excluding hydrogens is 214 g/mol. The van der Waals surface area contributed by atoms with E-state index in [0.717, 1.165) is 18.9 Å². The van der Waals surface area contributed by atoms with Gasteiger partial charge in [0, 0.05) is 12.1 Å². The quantitative estimate of drug-likeness (QED) is 0.729. The summed E-state index contributed by atoms with van der Waals surface area (Å²) in [6.45, 7) is 2.42. The molecule has 0 aromatic heterocycles. The summed E-state index contributed by atoms with van der Waals surface area (Å²) in [5.41, 5.74) is 1.18. The van der Waals surface area contributed by atoms with E-state index in [1.54, 1.807) is 0 Å². The molecule has 3 rings (SSSR count). The molecule has 0 amide bonds. The number of fused-ring (bicyclic) bond motifs is 3. The highest BCUT2D eigenvalue weighted by Gasteiger charge is 2.33. The van der Waals surface area contributed by atoms with Gasteiger partial charge in [0.1, 0.15) is 18.5 Å². The molecular formula is C11H14ClNO2. The fourth-order valence-corrected chi connectivity index (χ4v) is 2.13. The summed E-state index contributed by atoms with van der Waals surface area (Å²) >= 11 is 0. The van der Waals surface area contributed by atoms with E-state index in [1.165, 1.54) is 5.56 Å². The van der Waals surface area contributed by atoms with Crippen LogP contribution in [0.3, 0.4) is 0 Å². The standard InChI is InChI=1S/C11H13NO2.ClH/c1-2-4-10-8(3-1)11-9(7-14-10)12-5-6-13-11;/h1-4,9,11-12H,5-7H2;1H/t9-,11+;/m1./s1. The number of hydrogen-bond donors (Lipinski definition) is 1. The van der Waals surface area contributed by atoms with Crippen LogP contribution in [0.4, 0.5) is 0 Å². The zero-order valence-corrected chi connectivity index (χ0v) is 9.13. The summed E-state index contributed by atoms with van der Waals surface area (Å²) in [7, 11) is 0. The van der Waals surface area contributed by atoms with Crippen molar-refractivity contribution in [3.63, 3.8) is 0 Å². The molecule has 1 fully saturated rings. The lowest BCUT2D eigenvalue weighted by atomic mass is 9.98. The lowest BCUT2D eigenvalue weighted by molar-refractivity contribution is -0.0307. The molecule has 82 valence electrons. The Morgan fingerprint density at radius 1 is 1.27 bits per heavy atom. The van der Waals surface area contributed by atoms with Crippen LogP contribution in [0, 0.1) is 0 Å². The molecule has 0 saturated carbocycles. The molecule has 1 N–H and O–H groups in total. The van der Waals surface area contributed by atoms with E-state index < -0.39 is 0 Å². The van der Waals surface area contributed by atoms with Gasteiger partial charge in [-0.3, -0.25) is 0 Å². The second kappa shape index (κ2) is 4.39. The van der Waals surface area contributed by atoms with Gasteiger partial charge < -0.3 is 14.8 Å². The highest BCUT2D eigenvalue weighted by Crippen LogP contribution is 2.35. The predicted octanol–water partition coefficient (Wildman–Crippen LogP) is 1.53. The van der Waals surface area contributed by atoms with Gasteiger partial charge in [0.2, 0.25) is 0 Å². The molecule has 4 heteroatoms. The Morgan fingerprint density at radius 3 is 3.07 bits per heavy atom. The summed E-state index contributed by atoms with van der Waals surface area (Å²) in [6.07, 6.45) is 0.175. The van der Waals surface area contributed by atoms with Crippen molar-refractivity contribution in [1.29, 1.82) is 0 Å². The predicted molar refractivity (Wildman–Crippen MR) is 59.7 cm³/mol. The van der Waals surface area contributed by atoms with Gasteiger partial charge in [0.15, 0.2) is 0 Å². The third-order valence-electron chi connectivity index (χ3n) is 2.82. The molecule has 1 aromatic carbocycles. The fraction of sp³-hybridized carbons (Fsp3) is 0.455. The average Bonchev–Trinajstić information content (AvgIpc) is 2.29. The molecule has 0 unspecified atom stereocenters. The van der Waals surface area contributed by atoms with E-state index in [0.29, 0.717) is 12.6 Å². The average molecular weight is 228 g/mol. The van der Waals surface area contributed by atoms with Crippen LogP contribution >= 0.6 is 12.4 Å². The largest absolute Gasteiger partial charge is 0.491 e. The van der Waals surface area contributed by atoms with Crippen LogP contribution in [0.1, 0.15) is 11.7 Å². The van der Waals surface area contributed by atoms with Gasteiger partial charge in [-0.2, -0.15) is 0 Å². The maximum atomic E-state index is 5.77. The molecule has 3 nitrogen and oxygen atoms in total. The lowest BCUT2D eigenvalue weighted by Gasteiger charge is -2.37. The minimum atomic E-state index is 0. The van der Waals surface area contributed by atoms with Crippen molar-refractivity contribution in [1.82, 2.24) is 5.32 Å². The van der Waals surface area contributed by atoms with Gasteiger partial charge in [-0.1, -0.05) is 18.2 Å². The normalized spacial score (nSPS) is 28.0. The number of nitrogens with one attached hydrogen (secondary N) is 1. The molecule has 0 aliphatic carbocycles. The maximum Gasteiger partial charge on any atom is 0.125 e. The first kappa shape index (κ1) is 10.7. The smallest absolute Gasteiger partial charge is 0.125 e. The summed E-state index contributed by atoms with van der Waals surface area (Å²) in [4.78, 5) is 0. The molecule has 0 spiro atoms. The fourth-order valence-electron chi connectivity index (χ4n) is 2.13. The lowest BCUT2D eigenvalue weighted by Crippen LogP contribution is -2.48. The third-order valence-corrected chi connectivity index (χ3v) is 2.82. The van der Waals surface area contributed by atoms with Crippen LogP contribution in [-0.2, 0) is 4.74 Å². The van der Waals surface area contributed by atoms with Gasteiger partial charge in [-0.05, 0) is 6.07 Å². The number of rotatable bonds is 0. The van der Waals surface area contributed by atoms with Crippen molar-refractivity contribution in [3.05, 3.63) is 29.8 Å². The first-order valence-corrected chi connectivity index (χ1v) is 5.02. The second-order valence-electron chi connectivity index (χ2n) is 3.70. The van der Waals surface area contributed by atoms with Crippen LogP contribution in [0.25, 0.3) is 0 Å². The SMILES string of the molecule is Cl.c1ccc2c(c1)OC[C@H]1NCCO[C@@H]21. The summed E-state index contributed by atoms with van der Waals surface area (Å²) < 4.78 is 11.4. The first-order chi connectivity index (χ1) is 6.95. The van der Waals surface area contributed by atoms with Crippen molar-refractivity contribution >= 4 is 12.4 Å². The number of benzene rings is 1. The van der Waals surface area contributed by atoms with Crippen molar-refractivity contribution in [2.45, 2.75) is 12.1 Å². The molecule has 0 bridgehead atoms. The Kier molecular flexibility index (Phi) is 3.14. The summed E-state index contributed by atoms with van der Waals surface area (Å²) in [5, 5.41) is 3.41. The topological polar surface area (TPSA) is 30.5 Å². The van der Waals surface area contributed by atoms with Gasteiger partial charge in [0.25, 0.3) is 0 Å². The number of ether oxygens (including phenoxy) is 2. The van der Waals surface area contributed by atoms with Crippen LogP contribution < -0.4 is 10.1 Å². The Balaban J connectivity index is 0.000000853. The Labute approximate surface area is 95.2 Å². The zero-order chi connectivity index (χ0) is 9.38. The molecule has 2 aliphatic heterocycles. The number of para-hydroxylation sites is 1. The van der Waals surface area contributed by atoms with E-state index in [-0.39, 0.29) is 18.5 Å². The Hall–Kier alpha value is -0.770. The number of hydrogen-bond acceptors (Lipinski definition) is 3. The molecule has 1 saturated heterocycles. The molecule has 2 aliphatic rings. The molecule has 1 aromatic rings. The maximum absolute atomic E-state index is 5.77. The highest BCUT2D eigenvalue weighted by molar-refractivity contribution is 5.85. The zero-order valence-electron chi connectivity index (χ0n) is 8.31. The van der Waals surface area contributed by atoms with Crippen molar-refractivity contribution < 1.29 is 9.47 Å². The van der Waals surface area contributed by atoms with E-state index >= 15 is 0 Å². The number of morpholine rings is 1. The molecule has 0 radical (unpaired) electrons. The molecule has 2 atom stereocenters. The van der Waals surface area contributed by atoms with Crippen molar-refractivity contribution in [3.8, 4) is 5.75 Å². The Morgan fingerprint density at radius 2 is 2.13 bits per heavy atom. The number of halogens is 1. The van der Waals surface area contributed by atoms with Crippen LogP contribution in [-0.4, -0.2) is 25.8 Å². The van der Waals surface area contributed by atoms with Crippen LogP contribution in [0.2, 0.25) is 0 Å². The summed E-state index contributed by atoms with van der Waals surface area (Å²) in [5.74, 6) is 0.970. The van der Waals surface area contributed by atoms with Gasteiger partial charge in [-0.15, -0.1) is 12.4 Å². The van der Waals surface area contributed by atoms with E-state index in [9.17, 15) is 0 Å². The highest BCUT2D eigenvalue weighted by atomic mass is 35.5. The van der Waals surface area contributed by atoms with Crippen LogP contribution in [0.5, 0.6) is 5.75 Å². The Bertz CT molecular complexity index is 345. The van der Waals surface area contributed by atoms with E-state index in [1.807, 2.05) is 18.2 Å². The van der Waals surface area contributed by atoms with Crippen LogP contribution in [0.15, 0.2) is 24.3 Å². The molecule has 15 heavy (non-hydrogen) atoms. The third kappa shape index (κ3) is 1.83. The van der Waals surface area contributed by atoms with E-state index in [4.69, 9.17) is 9.47 Å². The minimum absolute atomic E-state index is 0. The van der Waals surface area contributed by atoms with Gasteiger partial charge >= 0.3 is 0 Å². The van der Waals surface area contributed by atoms with Gasteiger partial charge in [-0.25, -0.2) is 0 Å². The van der Waals surface area contributed by atoms with Gasteiger partial charge in [0.05, 0.1) is 12.6 Å². The van der Waals surface area contributed by atoms with E-state index in [2.05, 4.69) is 11.4 Å². The molecule has 2 heterocycles. The monoisotopic (exact) mass is 227 g/mol. The second-order valence-corrected chi connectivity index (χ2v) is 3.70. The first-order valence-electron chi connectivity index (χ1n) is 5.02.